The Balaban J connectivity index is 2.12. The molecule has 0 radical (unpaired) electrons. The largest absolute Gasteiger partial charge is 0.293 e. The number of aromatic nitrogens is 2. The maximum Gasteiger partial charge on any atom is 0.178 e. The second-order valence-electron chi connectivity index (χ2n) is 4.15. The monoisotopic (exact) mass is 226 g/mol. The third-order valence-corrected chi connectivity index (χ3v) is 3.04. The van der Waals surface area contributed by atoms with E-state index in [9.17, 15) is 9.59 Å². The fourth-order valence-corrected chi connectivity index (χ4v) is 2.23. The summed E-state index contributed by atoms with van der Waals surface area (Å²) in [4.78, 5) is 24.3. The summed E-state index contributed by atoms with van der Waals surface area (Å²) in [5.41, 5.74) is 1.71. The molecule has 0 unspecified atom stereocenters. The van der Waals surface area contributed by atoms with Crippen LogP contribution in [0.3, 0.4) is 0 Å². The van der Waals surface area contributed by atoms with Crippen LogP contribution in [0.25, 0.3) is 0 Å². The van der Waals surface area contributed by atoms with Gasteiger partial charge in [0.1, 0.15) is 5.92 Å². The van der Waals surface area contributed by atoms with Crippen molar-refractivity contribution in [1.29, 1.82) is 0 Å². The molecular formula is C13H10N2O2. The highest BCUT2D eigenvalue weighted by atomic mass is 16.2. The highest BCUT2D eigenvalue weighted by Gasteiger charge is 2.39. The first-order chi connectivity index (χ1) is 8.18. The van der Waals surface area contributed by atoms with Crippen LogP contribution in [0, 0.1) is 0 Å². The lowest BCUT2D eigenvalue weighted by Crippen LogP contribution is -2.11. The van der Waals surface area contributed by atoms with E-state index in [0.29, 0.717) is 16.7 Å². The number of carbonyl (C=O) groups excluding carboxylic acids is 2. The molecule has 3 rings (SSSR count). The van der Waals surface area contributed by atoms with Crippen molar-refractivity contribution in [3.05, 3.63) is 53.3 Å². The summed E-state index contributed by atoms with van der Waals surface area (Å²) in [6.07, 6.45) is 3.29. The molecule has 17 heavy (non-hydrogen) atoms. The fraction of sp³-hybridized carbons (Fsp3) is 0.154. The van der Waals surface area contributed by atoms with Gasteiger partial charge in [0.2, 0.25) is 0 Å². The Hall–Kier alpha value is -2.23. The minimum absolute atomic E-state index is 0.126. The van der Waals surface area contributed by atoms with Crippen molar-refractivity contribution in [2.75, 3.05) is 0 Å². The van der Waals surface area contributed by atoms with E-state index >= 15 is 0 Å². The third kappa shape index (κ3) is 1.34. The predicted octanol–water partition coefficient (Wildman–Crippen LogP) is 1.58. The maximum absolute atomic E-state index is 12.2. The number of hydrogen-bond acceptors (Lipinski definition) is 3. The van der Waals surface area contributed by atoms with Gasteiger partial charge in [-0.3, -0.25) is 14.3 Å². The highest BCUT2D eigenvalue weighted by molar-refractivity contribution is 6.29. The third-order valence-electron chi connectivity index (χ3n) is 3.04. The summed E-state index contributed by atoms with van der Waals surface area (Å²) in [6, 6.07) is 6.95. The number of hydrogen-bond donors (Lipinski definition) is 0. The fourth-order valence-electron chi connectivity index (χ4n) is 2.23. The first-order valence-corrected chi connectivity index (χ1v) is 5.34. The van der Waals surface area contributed by atoms with Gasteiger partial charge in [0.15, 0.2) is 11.6 Å². The lowest BCUT2D eigenvalue weighted by Gasteiger charge is -2.01. The number of nitrogens with zero attached hydrogens (tertiary/aromatic N) is 2. The van der Waals surface area contributed by atoms with Crippen LogP contribution in [0.15, 0.2) is 36.7 Å². The summed E-state index contributed by atoms with van der Waals surface area (Å²) < 4.78 is 1.60. The van der Waals surface area contributed by atoms with E-state index in [2.05, 4.69) is 5.10 Å². The minimum Gasteiger partial charge on any atom is -0.293 e. The topological polar surface area (TPSA) is 52.0 Å². The molecule has 0 N–H and O–H groups in total. The molecule has 2 aromatic rings. The second-order valence-corrected chi connectivity index (χ2v) is 4.15. The summed E-state index contributed by atoms with van der Waals surface area (Å²) >= 11 is 0. The van der Waals surface area contributed by atoms with E-state index in [1.54, 1.807) is 48.4 Å². The highest BCUT2D eigenvalue weighted by Crippen LogP contribution is 2.33. The van der Waals surface area contributed by atoms with Crippen LogP contribution < -0.4 is 0 Å². The van der Waals surface area contributed by atoms with Gasteiger partial charge in [-0.2, -0.15) is 5.10 Å². The Morgan fingerprint density at radius 2 is 1.71 bits per heavy atom. The van der Waals surface area contributed by atoms with E-state index in [4.69, 9.17) is 0 Å². The van der Waals surface area contributed by atoms with Gasteiger partial charge in [-0.25, -0.2) is 0 Å². The quantitative estimate of drug-likeness (QED) is 0.694. The number of ketones is 2. The summed E-state index contributed by atoms with van der Waals surface area (Å²) in [5, 5.41) is 4.01. The van der Waals surface area contributed by atoms with Gasteiger partial charge in [-0.05, 0) is 0 Å². The van der Waals surface area contributed by atoms with E-state index in [0.717, 1.165) is 0 Å². The normalized spacial score (nSPS) is 15.4. The molecule has 4 heteroatoms. The first-order valence-electron chi connectivity index (χ1n) is 5.34. The molecule has 1 aromatic heterocycles. The molecule has 0 bridgehead atoms. The van der Waals surface area contributed by atoms with Gasteiger partial charge < -0.3 is 0 Å². The van der Waals surface area contributed by atoms with Gasteiger partial charge in [0, 0.05) is 29.9 Å². The zero-order chi connectivity index (χ0) is 12.0. The van der Waals surface area contributed by atoms with Crippen molar-refractivity contribution in [2.24, 2.45) is 7.05 Å². The number of rotatable bonds is 1. The number of benzene rings is 1. The van der Waals surface area contributed by atoms with E-state index in [1.807, 2.05) is 0 Å². The Labute approximate surface area is 97.9 Å². The van der Waals surface area contributed by atoms with Crippen molar-refractivity contribution in [3.8, 4) is 0 Å². The molecule has 1 heterocycles. The number of aryl methyl sites for hydroxylation is 1. The molecule has 1 aliphatic rings. The molecule has 0 aliphatic heterocycles. The molecule has 84 valence electrons. The molecule has 1 aliphatic carbocycles. The van der Waals surface area contributed by atoms with Crippen molar-refractivity contribution >= 4 is 11.6 Å². The summed E-state index contributed by atoms with van der Waals surface area (Å²) in [5.74, 6) is -0.960. The van der Waals surface area contributed by atoms with Crippen LogP contribution in [0.2, 0.25) is 0 Å². The zero-order valence-electron chi connectivity index (χ0n) is 9.25. The SMILES string of the molecule is Cn1cc(C2C(=O)c3ccccc3C2=O)cn1. The number of carbonyl (C=O) groups is 2. The Morgan fingerprint density at radius 3 is 2.18 bits per heavy atom. The van der Waals surface area contributed by atoms with Crippen LogP contribution in [-0.4, -0.2) is 21.3 Å². The molecule has 0 spiro atoms. The Kier molecular flexibility index (Phi) is 1.98. The molecule has 1 aromatic carbocycles. The van der Waals surface area contributed by atoms with E-state index in [-0.39, 0.29) is 11.6 Å². The van der Waals surface area contributed by atoms with Crippen molar-refractivity contribution < 1.29 is 9.59 Å². The molecular weight excluding hydrogens is 216 g/mol. The van der Waals surface area contributed by atoms with Gasteiger partial charge >= 0.3 is 0 Å². The van der Waals surface area contributed by atoms with E-state index < -0.39 is 5.92 Å². The average Bonchev–Trinajstić information content (AvgIpc) is 2.84. The van der Waals surface area contributed by atoms with Crippen molar-refractivity contribution in [2.45, 2.75) is 5.92 Å². The van der Waals surface area contributed by atoms with Crippen LogP contribution in [0.4, 0.5) is 0 Å². The maximum atomic E-state index is 12.2. The molecule has 0 fully saturated rings. The smallest absolute Gasteiger partial charge is 0.178 e. The zero-order valence-corrected chi connectivity index (χ0v) is 9.25. The minimum atomic E-state index is -0.707. The molecule has 0 atom stereocenters. The second kappa shape index (κ2) is 3.38. The Bertz CT molecular complexity index is 593. The van der Waals surface area contributed by atoms with Crippen LogP contribution in [-0.2, 0) is 7.05 Å². The molecule has 4 nitrogen and oxygen atoms in total. The van der Waals surface area contributed by atoms with Gasteiger partial charge in [0.05, 0.1) is 6.20 Å². The van der Waals surface area contributed by atoms with Crippen LogP contribution in [0.5, 0.6) is 0 Å². The number of fused-ring (bicyclic) bond motifs is 1. The Morgan fingerprint density at radius 1 is 1.12 bits per heavy atom. The first kappa shape index (κ1) is 9.96. The predicted molar refractivity (Wildman–Crippen MR) is 61.1 cm³/mol. The summed E-state index contributed by atoms with van der Waals surface area (Å²) in [6.45, 7) is 0. The van der Waals surface area contributed by atoms with E-state index in [1.165, 1.54) is 0 Å². The lowest BCUT2D eigenvalue weighted by atomic mass is 9.97. The van der Waals surface area contributed by atoms with Crippen LogP contribution >= 0.6 is 0 Å². The molecule has 0 saturated heterocycles. The van der Waals surface area contributed by atoms with Crippen LogP contribution in [0.1, 0.15) is 32.2 Å². The molecule has 0 saturated carbocycles. The van der Waals surface area contributed by atoms with Gasteiger partial charge in [-0.15, -0.1) is 0 Å². The summed E-state index contributed by atoms with van der Waals surface area (Å²) in [7, 11) is 1.76. The van der Waals surface area contributed by atoms with Gasteiger partial charge in [0.25, 0.3) is 0 Å². The lowest BCUT2D eigenvalue weighted by molar-refractivity contribution is 0.0890. The average molecular weight is 226 g/mol. The van der Waals surface area contributed by atoms with Crippen molar-refractivity contribution in [1.82, 2.24) is 9.78 Å². The molecule has 0 amide bonds. The van der Waals surface area contributed by atoms with Gasteiger partial charge in [-0.1, -0.05) is 24.3 Å². The standard InChI is InChI=1S/C13H10N2O2/c1-15-7-8(6-14-15)11-12(16)9-4-2-3-5-10(9)13(11)17/h2-7,11H,1H3. The van der Waals surface area contributed by atoms with Crippen molar-refractivity contribution in [3.63, 3.8) is 0 Å². The number of Topliss-reactive ketones (excluding diaryl/α,β-unsaturated/α-hetero) is 2.